The van der Waals surface area contributed by atoms with Gasteiger partial charge in [0.15, 0.2) is 0 Å². The van der Waals surface area contributed by atoms with E-state index in [1.54, 1.807) is 22.8 Å². The number of halogens is 1. The summed E-state index contributed by atoms with van der Waals surface area (Å²) in [7, 11) is 1.47. The standard InChI is InChI=1S/C15H19ClN2O3/c1-10-8-12(16)4-5-13(10)18-7-6-17(11(2)15(18)20)14(19)9-21-3/h4-5,8,11H,6-7,9H2,1-3H3. The smallest absolute Gasteiger partial charge is 0.249 e. The maximum Gasteiger partial charge on any atom is 0.249 e. The third-order valence-electron chi connectivity index (χ3n) is 3.69. The second kappa shape index (κ2) is 6.45. The highest BCUT2D eigenvalue weighted by molar-refractivity contribution is 6.30. The average Bonchev–Trinajstić information content (AvgIpc) is 2.43. The molecule has 1 aromatic carbocycles. The highest BCUT2D eigenvalue weighted by atomic mass is 35.5. The van der Waals surface area contributed by atoms with Crippen molar-refractivity contribution in [1.29, 1.82) is 0 Å². The normalized spacial score (nSPS) is 19.0. The van der Waals surface area contributed by atoms with Gasteiger partial charge in [-0.15, -0.1) is 0 Å². The molecule has 0 saturated carbocycles. The lowest BCUT2D eigenvalue weighted by Crippen LogP contribution is -2.58. The summed E-state index contributed by atoms with van der Waals surface area (Å²) >= 11 is 5.95. The van der Waals surface area contributed by atoms with Crippen molar-refractivity contribution in [2.45, 2.75) is 19.9 Å². The lowest BCUT2D eigenvalue weighted by Gasteiger charge is -2.39. The zero-order chi connectivity index (χ0) is 15.6. The molecule has 2 amide bonds. The van der Waals surface area contributed by atoms with Crippen molar-refractivity contribution < 1.29 is 14.3 Å². The molecule has 5 nitrogen and oxygen atoms in total. The molecule has 114 valence electrons. The number of ether oxygens (including phenoxy) is 1. The molecule has 1 unspecified atom stereocenters. The number of hydrogen-bond donors (Lipinski definition) is 0. The number of rotatable bonds is 3. The van der Waals surface area contributed by atoms with E-state index in [0.29, 0.717) is 18.1 Å². The van der Waals surface area contributed by atoms with Crippen LogP contribution < -0.4 is 4.90 Å². The van der Waals surface area contributed by atoms with Crippen molar-refractivity contribution in [3.63, 3.8) is 0 Å². The number of hydrogen-bond acceptors (Lipinski definition) is 3. The first-order valence-corrected chi connectivity index (χ1v) is 7.19. The Hall–Kier alpha value is -1.59. The molecule has 6 heteroatoms. The van der Waals surface area contributed by atoms with E-state index >= 15 is 0 Å². The van der Waals surface area contributed by atoms with Gasteiger partial charge in [0.05, 0.1) is 0 Å². The molecule has 0 radical (unpaired) electrons. The third kappa shape index (κ3) is 3.19. The molecule has 0 bridgehead atoms. The fourth-order valence-corrected chi connectivity index (χ4v) is 2.81. The van der Waals surface area contributed by atoms with Crippen LogP contribution in [-0.4, -0.2) is 49.6 Å². The van der Waals surface area contributed by atoms with Crippen LogP contribution in [0.2, 0.25) is 5.02 Å². The minimum absolute atomic E-state index is 0.00239. The summed E-state index contributed by atoms with van der Waals surface area (Å²) in [6, 6.07) is 4.95. The molecule has 0 spiro atoms. The Balaban J connectivity index is 2.19. The lowest BCUT2D eigenvalue weighted by atomic mass is 10.1. The lowest BCUT2D eigenvalue weighted by molar-refractivity contribution is -0.143. The van der Waals surface area contributed by atoms with E-state index in [2.05, 4.69) is 0 Å². The number of aryl methyl sites for hydroxylation is 1. The van der Waals surface area contributed by atoms with Crippen molar-refractivity contribution in [3.05, 3.63) is 28.8 Å². The number of amides is 2. The maximum absolute atomic E-state index is 12.5. The molecule has 1 atom stereocenters. The number of methoxy groups -OCH3 is 1. The predicted molar refractivity (Wildman–Crippen MR) is 81.6 cm³/mol. The van der Waals surface area contributed by atoms with Gasteiger partial charge >= 0.3 is 0 Å². The van der Waals surface area contributed by atoms with Crippen molar-refractivity contribution in [2.24, 2.45) is 0 Å². The molecule has 1 aliphatic heterocycles. The molecule has 1 heterocycles. The van der Waals surface area contributed by atoms with Crippen molar-refractivity contribution in [3.8, 4) is 0 Å². The highest BCUT2D eigenvalue weighted by Gasteiger charge is 2.35. The van der Waals surface area contributed by atoms with Crippen LogP contribution in [0.25, 0.3) is 0 Å². The molecule has 0 aromatic heterocycles. The molecule has 1 aromatic rings. The van der Waals surface area contributed by atoms with Crippen molar-refractivity contribution in [2.75, 3.05) is 31.7 Å². The summed E-state index contributed by atoms with van der Waals surface area (Å²) < 4.78 is 4.85. The molecule has 2 rings (SSSR count). The van der Waals surface area contributed by atoms with Gasteiger partial charge in [0, 0.05) is 30.9 Å². The molecule has 1 fully saturated rings. The first-order valence-electron chi connectivity index (χ1n) is 6.81. The topological polar surface area (TPSA) is 49.9 Å². The number of carbonyl (C=O) groups excluding carboxylic acids is 2. The Kier molecular flexibility index (Phi) is 4.85. The second-order valence-electron chi connectivity index (χ2n) is 5.12. The molecular weight excluding hydrogens is 292 g/mol. The summed E-state index contributed by atoms with van der Waals surface area (Å²) in [6.07, 6.45) is 0. The number of benzene rings is 1. The highest BCUT2D eigenvalue weighted by Crippen LogP contribution is 2.26. The number of nitrogens with zero attached hydrogens (tertiary/aromatic N) is 2. The van der Waals surface area contributed by atoms with Crippen LogP contribution in [0.4, 0.5) is 5.69 Å². The van der Waals surface area contributed by atoms with Gasteiger partial charge in [0.1, 0.15) is 12.6 Å². The van der Waals surface area contributed by atoms with E-state index < -0.39 is 6.04 Å². The monoisotopic (exact) mass is 310 g/mol. The van der Waals surface area contributed by atoms with Gasteiger partial charge < -0.3 is 14.5 Å². The molecule has 1 saturated heterocycles. The predicted octanol–water partition coefficient (Wildman–Crippen LogP) is 1.86. The van der Waals surface area contributed by atoms with Crippen LogP contribution in [0, 0.1) is 6.92 Å². The second-order valence-corrected chi connectivity index (χ2v) is 5.55. The summed E-state index contributed by atoms with van der Waals surface area (Å²) in [5.74, 6) is -0.248. The molecule has 0 aliphatic carbocycles. The summed E-state index contributed by atoms with van der Waals surface area (Å²) in [5.41, 5.74) is 1.79. The Morgan fingerprint density at radius 1 is 1.43 bits per heavy atom. The Labute approximate surface area is 129 Å². The maximum atomic E-state index is 12.5. The van der Waals surface area contributed by atoms with Crippen molar-refractivity contribution in [1.82, 2.24) is 4.90 Å². The van der Waals surface area contributed by atoms with Crippen LogP contribution in [0.3, 0.4) is 0 Å². The number of carbonyl (C=O) groups is 2. The summed E-state index contributed by atoms with van der Waals surface area (Å²) in [5, 5.41) is 0.644. The van der Waals surface area contributed by atoms with Crippen LogP contribution in [0.1, 0.15) is 12.5 Å². The van der Waals surface area contributed by atoms with E-state index in [4.69, 9.17) is 16.3 Å². The third-order valence-corrected chi connectivity index (χ3v) is 3.93. The van der Waals surface area contributed by atoms with Gasteiger partial charge in [-0.2, -0.15) is 0 Å². The number of anilines is 1. The van der Waals surface area contributed by atoms with Gasteiger partial charge in [-0.3, -0.25) is 9.59 Å². The van der Waals surface area contributed by atoms with Gasteiger partial charge in [-0.25, -0.2) is 0 Å². The molecule has 1 aliphatic rings. The first kappa shape index (κ1) is 15.8. The zero-order valence-electron chi connectivity index (χ0n) is 12.4. The molecule has 21 heavy (non-hydrogen) atoms. The minimum atomic E-state index is -0.489. The largest absolute Gasteiger partial charge is 0.375 e. The van der Waals surface area contributed by atoms with Gasteiger partial charge in [0.2, 0.25) is 11.8 Å². The van der Waals surface area contributed by atoms with E-state index in [1.165, 1.54) is 7.11 Å². The minimum Gasteiger partial charge on any atom is -0.375 e. The summed E-state index contributed by atoms with van der Waals surface area (Å²) in [6.45, 7) is 4.63. The molecular formula is C15H19ClN2O3. The van der Waals surface area contributed by atoms with Gasteiger partial charge in [-0.1, -0.05) is 11.6 Å². The Bertz CT molecular complexity index is 562. The Morgan fingerprint density at radius 2 is 2.14 bits per heavy atom. The van der Waals surface area contributed by atoms with Gasteiger partial charge in [-0.05, 0) is 37.6 Å². The van der Waals surface area contributed by atoms with Crippen LogP contribution in [0.15, 0.2) is 18.2 Å². The fraction of sp³-hybridized carbons (Fsp3) is 0.467. The van der Waals surface area contributed by atoms with E-state index in [-0.39, 0.29) is 18.4 Å². The van der Waals surface area contributed by atoms with Crippen LogP contribution in [-0.2, 0) is 14.3 Å². The average molecular weight is 311 g/mol. The van der Waals surface area contributed by atoms with Crippen LogP contribution >= 0.6 is 11.6 Å². The fourth-order valence-electron chi connectivity index (χ4n) is 2.58. The van der Waals surface area contributed by atoms with Gasteiger partial charge in [0.25, 0.3) is 0 Å². The van der Waals surface area contributed by atoms with E-state index in [1.807, 2.05) is 19.1 Å². The van der Waals surface area contributed by atoms with E-state index in [0.717, 1.165) is 11.3 Å². The quantitative estimate of drug-likeness (QED) is 0.856. The first-order chi connectivity index (χ1) is 9.95. The number of piperazine rings is 1. The SMILES string of the molecule is COCC(=O)N1CCN(c2ccc(Cl)cc2C)C(=O)C1C. The van der Waals surface area contributed by atoms with Crippen LogP contribution in [0.5, 0.6) is 0 Å². The molecule has 0 N–H and O–H groups in total. The van der Waals surface area contributed by atoms with E-state index in [9.17, 15) is 9.59 Å². The van der Waals surface area contributed by atoms with Crippen molar-refractivity contribution >= 4 is 29.1 Å². The summed E-state index contributed by atoms with van der Waals surface area (Å²) in [4.78, 5) is 27.7. The Morgan fingerprint density at radius 3 is 2.76 bits per heavy atom. The zero-order valence-corrected chi connectivity index (χ0v) is 13.2.